The maximum atomic E-state index is 14.3. The van der Waals surface area contributed by atoms with Gasteiger partial charge in [0.05, 0.1) is 5.69 Å². The molecule has 0 unspecified atom stereocenters. The summed E-state index contributed by atoms with van der Waals surface area (Å²) >= 11 is 0. The molecule has 6 nitrogen and oxygen atoms in total. The van der Waals surface area contributed by atoms with E-state index >= 15 is 0 Å². The zero-order chi connectivity index (χ0) is 24.9. The molecule has 182 valence electrons. The zero-order valence-corrected chi connectivity index (χ0v) is 20.1. The third kappa shape index (κ3) is 5.04. The van der Waals surface area contributed by atoms with Crippen LogP contribution in [-0.4, -0.2) is 41.8 Å². The lowest BCUT2D eigenvalue weighted by Crippen LogP contribution is -2.48. The lowest BCUT2D eigenvalue weighted by Gasteiger charge is -2.29. The van der Waals surface area contributed by atoms with Crippen molar-refractivity contribution in [2.75, 3.05) is 18.0 Å². The Morgan fingerprint density at radius 1 is 1.06 bits per heavy atom. The summed E-state index contributed by atoms with van der Waals surface area (Å²) in [6.45, 7) is 4.49. The van der Waals surface area contributed by atoms with Crippen LogP contribution < -0.4 is 10.2 Å². The highest BCUT2D eigenvalue weighted by Gasteiger charge is 2.30. The largest absolute Gasteiger partial charge is 0.354 e. The van der Waals surface area contributed by atoms with Gasteiger partial charge in [0.15, 0.2) is 0 Å². The maximum absolute atomic E-state index is 14.3. The minimum absolute atomic E-state index is 0.000385. The van der Waals surface area contributed by atoms with E-state index in [1.54, 1.807) is 30.0 Å². The number of rotatable bonds is 10. The molecule has 3 amide bonds. The van der Waals surface area contributed by atoms with E-state index < -0.39 is 11.9 Å². The van der Waals surface area contributed by atoms with Gasteiger partial charge in [0, 0.05) is 42.6 Å². The molecule has 3 aromatic carbocycles. The van der Waals surface area contributed by atoms with Gasteiger partial charge in [0.1, 0.15) is 11.9 Å². The van der Waals surface area contributed by atoms with E-state index in [1.807, 2.05) is 43.3 Å². The molecule has 0 saturated heterocycles. The number of benzene rings is 3. The first kappa shape index (κ1) is 24.4. The molecule has 0 aliphatic carbocycles. The van der Waals surface area contributed by atoms with Crippen LogP contribution in [0.5, 0.6) is 0 Å². The molecule has 35 heavy (non-hydrogen) atoms. The van der Waals surface area contributed by atoms with Crippen molar-refractivity contribution >= 4 is 34.2 Å². The summed E-state index contributed by atoms with van der Waals surface area (Å²) in [7, 11) is 0. The molecule has 0 bridgehead atoms. The fourth-order valence-corrected chi connectivity index (χ4v) is 4.52. The van der Waals surface area contributed by atoms with Crippen LogP contribution in [0.25, 0.3) is 10.8 Å². The van der Waals surface area contributed by atoms with E-state index in [0.29, 0.717) is 30.6 Å². The monoisotopic (exact) mass is 475 g/mol. The van der Waals surface area contributed by atoms with E-state index in [-0.39, 0.29) is 30.7 Å². The van der Waals surface area contributed by atoms with E-state index in [4.69, 9.17) is 0 Å². The normalized spacial score (nSPS) is 13.2. The molecule has 1 aliphatic rings. The van der Waals surface area contributed by atoms with Gasteiger partial charge >= 0.3 is 0 Å². The van der Waals surface area contributed by atoms with Gasteiger partial charge in [0.25, 0.3) is 5.91 Å². The van der Waals surface area contributed by atoms with Gasteiger partial charge in [-0.25, -0.2) is 4.39 Å². The van der Waals surface area contributed by atoms with Gasteiger partial charge in [0.2, 0.25) is 11.8 Å². The summed E-state index contributed by atoms with van der Waals surface area (Å²) in [5.74, 6) is -1.01. The number of hydrogen-bond donors (Lipinski definition) is 1. The molecule has 1 atom stereocenters. The first-order valence-electron chi connectivity index (χ1n) is 12.1. The van der Waals surface area contributed by atoms with Crippen LogP contribution in [0.4, 0.5) is 10.1 Å². The number of carbonyl (C=O) groups excluding carboxylic acids is 3. The van der Waals surface area contributed by atoms with Gasteiger partial charge in [-0.05, 0) is 43.4 Å². The first-order valence-corrected chi connectivity index (χ1v) is 12.1. The second-order valence-corrected chi connectivity index (χ2v) is 8.82. The molecular formula is C28H30FN3O3. The molecule has 1 aliphatic heterocycles. The molecule has 0 fully saturated rings. The zero-order valence-electron chi connectivity index (χ0n) is 20.1. The SMILES string of the molecule is CCCNC(=O)[C@H](C)N(Cc1ccccc1F)C(=O)CCCN1C(=O)c2cccc3cccc1c23. The second kappa shape index (κ2) is 10.7. The molecule has 7 heteroatoms. The number of nitrogens with zero attached hydrogens (tertiary/aromatic N) is 2. The van der Waals surface area contributed by atoms with Gasteiger partial charge in [-0.3, -0.25) is 14.4 Å². The van der Waals surface area contributed by atoms with Crippen molar-refractivity contribution in [1.29, 1.82) is 0 Å². The summed E-state index contributed by atoms with van der Waals surface area (Å²) in [5.41, 5.74) is 1.88. The van der Waals surface area contributed by atoms with Gasteiger partial charge in [-0.1, -0.05) is 49.4 Å². The summed E-state index contributed by atoms with van der Waals surface area (Å²) in [4.78, 5) is 42.0. The second-order valence-electron chi connectivity index (χ2n) is 8.82. The Morgan fingerprint density at radius 3 is 2.54 bits per heavy atom. The Kier molecular flexibility index (Phi) is 7.44. The number of hydrogen-bond acceptors (Lipinski definition) is 3. The van der Waals surface area contributed by atoms with E-state index in [0.717, 1.165) is 22.9 Å². The first-order chi connectivity index (χ1) is 16.9. The van der Waals surface area contributed by atoms with Crippen molar-refractivity contribution in [3.63, 3.8) is 0 Å². The third-order valence-corrected chi connectivity index (χ3v) is 6.44. The van der Waals surface area contributed by atoms with Gasteiger partial charge in [-0.15, -0.1) is 0 Å². The molecular weight excluding hydrogens is 445 g/mol. The van der Waals surface area contributed by atoms with Gasteiger partial charge < -0.3 is 15.1 Å². The topological polar surface area (TPSA) is 69.7 Å². The van der Waals surface area contributed by atoms with Crippen molar-refractivity contribution in [2.45, 2.75) is 45.7 Å². The molecule has 4 rings (SSSR count). The lowest BCUT2D eigenvalue weighted by atomic mass is 10.1. The fourth-order valence-electron chi connectivity index (χ4n) is 4.52. The minimum Gasteiger partial charge on any atom is -0.354 e. The van der Waals surface area contributed by atoms with Gasteiger partial charge in [-0.2, -0.15) is 0 Å². The van der Waals surface area contributed by atoms with Crippen LogP contribution in [0.2, 0.25) is 0 Å². The van der Waals surface area contributed by atoms with Crippen LogP contribution in [0.1, 0.15) is 49.0 Å². The minimum atomic E-state index is -0.750. The molecule has 1 N–H and O–H groups in total. The van der Waals surface area contributed by atoms with E-state index in [2.05, 4.69) is 5.32 Å². The Hall–Kier alpha value is -3.74. The van der Waals surface area contributed by atoms with Crippen LogP contribution in [0, 0.1) is 5.82 Å². The Labute approximate surface area is 204 Å². The standard InChI is InChI=1S/C28H30FN3O3/c1-3-16-30-27(34)19(2)32(18-21-9-4-5-13-23(21)29)25(33)15-8-17-31-24-14-7-11-20-10-6-12-22(26(20)24)28(31)35/h4-7,9-14,19H,3,8,15-18H2,1-2H3,(H,30,34)/t19-/m0/s1. The Morgan fingerprint density at radius 2 is 1.80 bits per heavy atom. The fraction of sp³-hybridized carbons (Fsp3) is 0.321. The summed E-state index contributed by atoms with van der Waals surface area (Å²) in [5, 5.41) is 4.76. The van der Waals surface area contributed by atoms with E-state index in [1.165, 1.54) is 11.0 Å². The lowest BCUT2D eigenvalue weighted by molar-refractivity contribution is -0.140. The van der Waals surface area contributed by atoms with Crippen LogP contribution >= 0.6 is 0 Å². The van der Waals surface area contributed by atoms with Crippen molar-refractivity contribution in [2.24, 2.45) is 0 Å². The summed E-state index contributed by atoms with van der Waals surface area (Å²) in [6, 6.07) is 17.0. The quantitative estimate of drug-likeness (QED) is 0.464. The average molecular weight is 476 g/mol. The highest BCUT2D eigenvalue weighted by atomic mass is 19.1. The van der Waals surface area contributed by atoms with Crippen molar-refractivity contribution in [3.8, 4) is 0 Å². The van der Waals surface area contributed by atoms with Crippen LogP contribution in [-0.2, 0) is 16.1 Å². The molecule has 0 spiro atoms. The van der Waals surface area contributed by atoms with Crippen LogP contribution in [0.3, 0.4) is 0 Å². The predicted octanol–water partition coefficient (Wildman–Crippen LogP) is 4.66. The van der Waals surface area contributed by atoms with Crippen molar-refractivity contribution in [3.05, 3.63) is 77.6 Å². The number of carbonyl (C=O) groups is 3. The van der Waals surface area contributed by atoms with Crippen LogP contribution in [0.15, 0.2) is 60.7 Å². The number of amides is 3. The summed E-state index contributed by atoms with van der Waals surface area (Å²) in [6.07, 6.45) is 1.33. The predicted molar refractivity (Wildman–Crippen MR) is 135 cm³/mol. The third-order valence-electron chi connectivity index (χ3n) is 6.44. The maximum Gasteiger partial charge on any atom is 0.258 e. The van der Waals surface area contributed by atoms with E-state index in [9.17, 15) is 18.8 Å². The smallest absolute Gasteiger partial charge is 0.258 e. The number of nitrogens with one attached hydrogen (secondary N) is 1. The molecule has 3 aromatic rings. The average Bonchev–Trinajstić information content (AvgIpc) is 3.14. The highest BCUT2D eigenvalue weighted by molar-refractivity contribution is 6.25. The highest BCUT2D eigenvalue weighted by Crippen LogP contribution is 2.37. The molecule has 0 radical (unpaired) electrons. The van der Waals surface area contributed by atoms with Crippen molar-refractivity contribution in [1.82, 2.24) is 10.2 Å². The number of anilines is 1. The van der Waals surface area contributed by atoms with Crippen molar-refractivity contribution < 1.29 is 18.8 Å². The molecule has 1 heterocycles. The molecule has 0 aromatic heterocycles. The summed E-state index contributed by atoms with van der Waals surface area (Å²) < 4.78 is 14.3. The molecule has 0 saturated carbocycles. The number of halogens is 1. The Balaban J connectivity index is 1.46. The Bertz CT molecular complexity index is 1250.